The van der Waals surface area contributed by atoms with Crippen LogP contribution in [-0.2, 0) is 6.54 Å². The molecule has 0 spiro atoms. The van der Waals surface area contributed by atoms with Crippen LogP contribution in [0.25, 0.3) is 0 Å². The maximum absolute atomic E-state index is 5.82. The highest BCUT2D eigenvalue weighted by Crippen LogP contribution is 2.22. The first-order valence-corrected chi connectivity index (χ1v) is 6.84. The van der Waals surface area contributed by atoms with Crippen molar-refractivity contribution in [1.29, 1.82) is 0 Å². The van der Waals surface area contributed by atoms with Gasteiger partial charge in [0.05, 0.1) is 0 Å². The number of piperidine rings is 1. The number of anilines is 1. The quantitative estimate of drug-likeness (QED) is 0.807. The molecular weight excluding hydrogens is 208 g/mol. The Labute approximate surface area is 105 Å². The summed E-state index contributed by atoms with van der Waals surface area (Å²) in [5.74, 6) is 0.912. The van der Waals surface area contributed by atoms with Gasteiger partial charge in [-0.15, -0.1) is 0 Å². The van der Waals surface area contributed by atoms with Crippen LogP contribution < -0.4 is 5.73 Å². The first-order valence-electron chi connectivity index (χ1n) is 6.84. The number of nitrogens with two attached hydrogens (primary N) is 1. The van der Waals surface area contributed by atoms with Gasteiger partial charge in [-0.05, 0) is 49.4 Å². The van der Waals surface area contributed by atoms with E-state index in [1.165, 1.54) is 44.3 Å². The predicted octanol–water partition coefficient (Wildman–Crippen LogP) is 3.28. The van der Waals surface area contributed by atoms with Crippen LogP contribution in [0.1, 0.15) is 38.2 Å². The Hall–Kier alpha value is -1.02. The lowest BCUT2D eigenvalue weighted by Gasteiger charge is -2.32. The fourth-order valence-corrected chi connectivity index (χ4v) is 2.89. The van der Waals surface area contributed by atoms with Crippen LogP contribution in [0.3, 0.4) is 0 Å². The summed E-state index contributed by atoms with van der Waals surface area (Å²) in [6.45, 7) is 5.86. The Bertz CT molecular complexity index is 347. The van der Waals surface area contributed by atoms with E-state index in [-0.39, 0.29) is 0 Å². The molecule has 1 aliphatic heterocycles. The molecule has 1 aliphatic rings. The third kappa shape index (κ3) is 3.74. The Morgan fingerprint density at radius 2 is 2.29 bits per heavy atom. The van der Waals surface area contributed by atoms with E-state index in [0.29, 0.717) is 0 Å². The zero-order valence-electron chi connectivity index (χ0n) is 10.9. The third-order valence-corrected chi connectivity index (χ3v) is 3.66. The predicted molar refractivity (Wildman–Crippen MR) is 73.8 cm³/mol. The minimum atomic E-state index is 0.879. The number of likely N-dealkylation sites (tertiary alicyclic amines) is 1. The third-order valence-electron chi connectivity index (χ3n) is 3.66. The Balaban J connectivity index is 1.90. The molecule has 2 rings (SSSR count). The van der Waals surface area contributed by atoms with E-state index in [4.69, 9.17) is 5.73 Å². The average Bonchev–Trinajstić information content (AvgIpc) is 2.30. The van der Waals surface area contributed by atoms with Crippen molar-refractivity contribution in [2.75, 3.05) is 18.8 Å². The summed E-state index contributed by atoms with van der Waals surface area (Å²) < 4.78 is 0. The number of nitrogen functional groups attached to an aromatic ring is 1. The molecule has 17 heavy (non-hydrogen) atoms. The van der Waals surface area contributed by atoms with Gasteiger partial charge in [0.1, 0.15) is 0 Å². The second-order valence-electron chi connectivity index (χ2n) is 5.28. The highest BCUT2D eigenvalue weighted by Gasteiger charge is 2.18. The molecule has 0 amide bonds. The number of rotatable bonds is 4. The van der Waals surface area contributed by atoms with Gasteiger partial charge in [0.2, 0.25) is 0 Å². The van der Waals surface area contributed by atoms with E-state index >= 15 is 0 Å². The maximum Gasteiger partial charge on any atom is 0.0317 e. The van der Waals surface area contributed by atoms with Crippen LogP contribution >= 0.6 is 0 Å². The molecule has 1 saturated heterocycles. The fraction of sp³-hybridized carbons (Fsp3) is 0.600. The Morgan fingerprint density at radius 3 is 3.06 bits per heavy atom. The van der Waals surface area contributed by atoms with Crippen LogP contribution in [0.2, 0.25) is 0 Å². The van der Waals surface area contributed by atoms with Crippen molar-refractivity contribution in [3.05, 3.63) is 29.8 Å². The molecule has 0 radical (unpaired) electrons. The largest absolute Gasteiger partial charge is 0.399 e. The second kappa shape index (κ2) is 6.06. The molecule has 0 bridgehead atoms. The molecule has 1 atom stereocenters. The van der Waals surface area contributed by atoms with Crippen molar-refractivity contribution in [2.45, 2.75) is 39.2 Å². The summed E-state index contributed by atoms with van der Waals surface area (Å²) in [5.41, 5.74) is 8.05. The van der Waals surface area contributed by atoms with Crippen molar-refractivity contribution < 1.29 is 0 Å². The summed E-state index contributed by atoms with van der Waals surface area (Å²) in [7, 11) is 0. The molecule has 94 valence electrons. The average molecular weight is 232 g/mol. The van der Waals surface area contributed by atoms with Gasteiger partial charge < -0.3 is 5.73 Å². The number of hydrogen-bond acceptors (Lipinski definition) is 2. The van der Waals surface area contributed by atoms with Crippen LogP contribution in [0.5, 0.6) is 0 Å². The van der Waals surface area contributed by atoms with Gasteiger partial charge >= 0.3 is 0 Å². The zero-order valence-corrected chi connectivity index (χ0v) is 10.9. The molecule has 1 unspecified atom stereocenters. The minimum Gasteiger partial charge on any atom is -0.399 e. The summed E-state index contributed by atoms with van der Waals surface area (Å²) >= 11 is 0. The summed E-state index contributed by atoms with van der Waals surface area (Å²) in [6, 6.07) is 8.29. The lowest BCUT2D eigenvalue weighted by atomic mass is 9.93. The molecule has 2 N–H and O–H groups in total. The highest BCUT2D eigenvalue weighted by molar-refractivity contribution is 5.40. The van der Waals surface area contributed by atoms with Crippen molar-refractivity contribution in [1.82, 2.24) is 4.90 Å². The Kier molecular flexibility index (Phi) is 4.43. The number of nitrogens with zero attached hydrogens (tertiary/aromatic N) is 1. The maximum atomic E-state index is 5.82. The van der Waals surface area contributed by atoms with Crippen molar-refractivity contribution in [2.24, 2.45) is 5.92 Å². The lowest BCUT2D eigenvalue weighted by Crippen LogP contribution is -2.34. The SMILES string of the molecule is CCCC1CCCN(Cc2cccc(N)c2)C1. The molecule has 0 saturated carbocycles. The monoisotopic (exact) mass is 232 g/mol. The normalized spacial score (nSPS) is 21.6. The molecule has 1 aromatic rings. The molecule has 0 aromatic heterocycles. The summed E-state index contributed by atoms with van der Waals surface area (Å²) in [4.78, 5) is 2.58. The number of benzene rings is 1. The Morgan fingerprint density at radius 1 is 1.41 bits per heavy atom. The van der Waals surface area contributed by atoms with Gasteiger partial charge in [-0.2, -0.15) is 0 Å². The topological polar surface area (TPSA) is 29.3 Å². The molecule has 1 aromatic carbocycles. The van der Waals surface area contributed by atoms with Crippen molar-refractivity contribution >= 4 is 5.69 Å². The van der Waals surface area contributed by atoms with Crippen molar-refractivity contribution in [3.63, 3.8) is 0 Å². The van der Waals surface area contributed by atoms with Crippen LogP contribution in [-0.4, -0.2) is 18.0 Å². The molecule has 1 fully saturated rings. The van der Waals surface area contributed by atoms with E-state index in [9.17, 15) is 0 Å². The summed E-state index contributed by atoms with van der Waals surface area (Å²) in [6.07, 6.45) is 5.47. The van der Waals surface area contributed by atoms with Gasteiger partial charge in [0.15, 0.2) is 0 Å². The number of hydrogen-bond donors (Lipinski definition) is 1. The lowest BCUT2D eigenvalue weighted by molar-refractivity contribution is 0.161. The smallest absolute Gasteiger partial charge is 0.0317 e. The van der Waals surface area contributed by atoms with Gasteiger partial charge in [-0.25, -0.2) is 0 Å². The van der Waals surface area contributed by atoms with E-state index in [1.54, 1.807) is 0 Å². The zero-order chi connectivity index (χ0) is 12.1. The van der Waals surface area contributed by atoms with Crippen LogP contribution in [0.4, 0.5) is 5.69 Å². The van der Waals surface area contributed by atoms with Crippen molar-refractivity contribution in [3.8, 4) is 0 Å². The van der Waals surface area contributed by atoms with E-state index in [0.717, 1.165) is 18.2 Å². The van der Waals surface area contributed by atoms with Gasteiger partial charge in [0.25, 0.3) is 0 Å². The van der Waals surface area contributed by atoms with Gasteiger partial charge in [-0.3, -0.25) is 4.90 Å². The minimum absolute atomic E-state index is 0.879. The second-order valence-corrected chi connectivity index (χ2v) is 5.28. The molecular formula is C15H24N2. The summed E-state index contributed by atoms with van der Waals surface area (Å²) in [5, 5.41) is 0. The van der Waals surface area contributed by atoms with E-state index in [2.05, 4.69) is 30.0 Å². The molecule has 2 heteroatoms. The van der Waals surface area contributed by atoms with Crippen LogP contribution in [0, 0.1) is 5.92 Å². The van der Waals surface area contributed by atoms with Gasteiger partial charge in [-0.1, -0.05) is 25.5 Å². The van der Waals surface area contributed by atoms with E-state index in [1.807, 2.05) is 6.07 Å². The molecule has 2 nitrogen and oxygen atoms in total. The molecule has 0 aliphatic carbocycles. The highest BCUT2D eigenvalue weighted by atomic mass is 15.1. The first-order chi connectivity index (χ1) is 8.28. The standard InChI is InChI=1S/C15H24N2/c1-2-5-13-7-4-9-17(11-13)12-14-6-3-8-15(16)10-14/h3,6,8,10,13H,2,4-5,7,9,11-12,16H2,1H3. The van der Waals surface area contributed by atoms with Gasteiger partial charge in [0, 0.05) is 18.8 Å². The fourth-order valence-electron chi connectivity index (χ4n) is 2.89. The van der Waals surface area contributed by atoms with Crippen LogP contribution in [0.15, 0.2) is 24.3 Å². The molecule has 1 heterocycles. The van der Waals surface area contributed by atoms with E-state index < -0.39 is 0 Å². The first kappa shape index (κ1) is 12.4.